The third-order valence-electron chi connectivity index (χ3n) is 4.04. The standard InChI is InChI=1S/C19H16F3N3O2/c20-19(21,22)7-9-25-12-16(13-4-2-1-3-5-13)17(24-25)10-14-11-23-8-6-15(14)18(26)27/h1-6,8,11-12H,7,9-10H2,(H,26,27). The minimum Gasteiger partial charge on any atom is -0.478 e. The normalized spacial score (nSPS) is 11.5. The lowest BCUT2D eigenvalue weighted by Gasteiger charge is -2.06. The van der Waals surface area contributed by atoms with Crippen molar-refractivity contribution < 1.29 is 23.1 Å². The van der Waals surface area contributed by atoms with Gasteiger partial charge in [-0.05, 0) is 17.2 Å². The number of carbonyl (C=O) groups is 1. The maximum absolute atomic E-state index is 12.5. The molecule has 3 rings (SSSR count). The number of aromatic nitrogens is 3. The molecule has 1 N–H and O–H groups in total. The van der Waals surface area contributed by atoms with E-state index >= 15 is 0 Å². The number of hydrogen-bond acceptors (Lipinski definition) is 3. The summed E-state index contributed by atoms with van der Waals surface area (Å²) in [5.41, 5.74) is 2.50. The highest BCUT2D eigenvalue weighted by Crippen LogP contribution is 2.27. The van der Waals surface area contributed by atoms with Crippen LogP contribution in [0.5, 0.6) is 0 Å². The van der Waals surface area contributed by atoms with Crippen LogP contribution in [0.1, 0.15) is 28.0 Å². The molecule has 27 heavy (non-hydrogen) atoms. The van der Waals surface area contributed by atoms with E-state index < -0.39 is 18.6 Å². The van der Waals surface area contributed by atoms with Gasteiger partial charge in [-0.25, -0.2) is 4.79 Å². The van der Waals surface area contributed by atoms with Crippen molar-refractivity contribution in [3.8, 4) is 11.1 Å². The molecule has 0 spiro atoms. The molecular formula is C19H16F3N3O2. The Bertz CT molecular complexity index is 937. The zero-order valence-electron chi connectivity index (χ0n) is 14.1. The number of rotatable bonds is 6. The Morgan fingerprint density at radius 1 is 1.15 bits per heavy atom. The summed E-state index contributed by atoms with van der Waals surface area (Å²) in [6.07, 6.45) is -0.736. The van der Waals surface area contributed by atoms with E-state index in [-0.39, 0.29) is 18.5 Å². The molecular weight excluding hydrogens is 359 g/mol. The molecule has 0 bridgehead atoms. The molecule has 3 aromatic rings. The average Bonchev–Trinajstić information content (AvgIpc) is 3.03. The fourth-order valence-electron chi connectivity index (χ4n) is 2.76. The minimum atomic E-state index is -4.28. The zero-order chi connectivity index (χ0) is 19.4. The maximum atomic E-state index is 12.5. The van der Waals surface area contributed by atoms with Gasteiger partial charge in [0.1, 0.15) is 0 Å². The average molecular weight is 375 g/mol. The third-order valence-corrected chi connectivity index (χ3v) is 4.04. The predicted octanol–water partition coefficient (Wildman–Crippen LogP) is 4.19. The van der Waals surface area contributed by atoms with Gasteiger partial charge in [-0.1, -0.05) is 30.3 Å². The summed E-state index contributed by atoms with van der Waals surface area (Å²) in [7, 11) is 0. The molecule has 0 radical (unpaired) electrons. The summed E-state index contributed by atoms with van der Waals surface area (Å²) in [5.74, 6) is -1.09. The summed E-state index contributed by atoms with van der Waals surface area (Å²) < 4.78 is 38.9. The van der Waals surface area contributed by atoms with Crippen LogP contribution in [-0.2, 0) is 13.0 Å². The van der Waals surface area contributed by atoms with Crippen LogP contribution in [0.2, 0.25) is 0 Å². The minimum absolute atomic E-state index is 0.0915. The van der Waals surface area contributed by atoms with Gasteiger partial charge < -0.3 is 5.11 Å². The van der Waals surface area contributed by atoms with Gasteiger partial charge in [0.25, 0.3) is 0 Å². The number of benzene rings is 1. The van der Waals surface area contributed by atoms with Crippen molar-refractivity contribution in [3.63, 3.8) is 0 Å². The second kappa shape index (κ2) is 7.61. The summed E-state index contributed by atoms with van der Waals surface area (Å²) in [6, 6.07) is 10.5. The Morgan fingerprint density at radius 3 is 2.56 bits per heavy atom. The van der Waals surface area contributed by atoms with Crippen LogP contribution in [0.25, 0.3) is 11.1 Å². The summed E-state index contributed by atoms with van der Waals surface area (Å²) >= 11 is 0. The monoisotopic (exact) mass is 375 g/mol. The quantitative estimate of drug-likeness (QED) is 0.702. The molecule has 0 aliphatic heterocycles. The number of nitrogens with zero attached hydrogens (tertiary/aromatic N) is 3. The van der Waals surface area contributed by atoms with E-state index in [4.69, 9.17) is 0 Å². The van der Waals surface area contributed by atoms with E-state index in [0.29, 0.717) is 16.8 Å². The Balaban J connectivity index is 1.98. The first-order valence-corrected chi connectivity index (χ1v) is 8.18. The van der Waals surface area contributed by atoms with E-state index in [2.05, 4.69) is 10.1 Å². The molecule has 0 amide bonds. The fourth-order valence-corrected chi connectivity index (χ4v) is 2.76. The van der Waals surface area contributed by atoms with Crippen LogP contribution in [0.15, 0.2) is 55.0 Å². The number of carboxylic acid groups (broad SMARTS) is 1. The number of carboxylic acids is 1. The van der Waals surface area contributed by atoms with Crippen LogP contribution < -0.4 is 0 Å². The number of halogens is 3. The number of aromatic carboxylic acids is 1. The van der Waals surface area contributed by atoms with Gasteiger partial charge in [-0.2, -0.15) is 18.3 Å². The number of aryl methyl sites for hydroxylation is 1. The molecule has 0 saturated heterocycles. The van der Waals surface area contributed by atoms with Gasteiger partial charge in [-0.15, -0.1) is 0 Å². The van der Waals surface area contributed by atoms with Gasteiger partial charge in [0.05, 0.1) is 17.7 Å². The highest BCUT2D eigenvalue weighted by molar-refractivity contribution is 5.89. The first-order valence-electron chi connectivity index (χ1n) is 8.18. The largest absolute Gasteiger partial charge is 0.478 e. The molecule has 0 aliphatic rings. The van der Waals surface area contributed by atoms with Gasteiger partial charge in [0, 0.05) is 37.1 Å². The molecule has 2 heterocycles. The van der Waals surface area contributed by atoms with Gasteiger partial charge in [0.15, 0.2) is 0 Å². The van der Waals surface area contributed by atoms with Crippen molar-refractivity contribution in [3.05, 3.63) is 71.8 Å². The van der Waals surface area contributed by atoms with Crippen molar-refractivity contribution >= 4 is 5.97 Å². The molecule has 5 nitrogen and oxygen atoms in total. The Hall–Kier alpha value is -3.16. The first kappa shape index (κ1) is 18.6. The molecule has 0 aliphatic carbocycles. The van der Waals surface area contributed by atoms with Crippen molar-refractivity contribution in [2.45, 2.75) is 25.6 Å². The van der Waals surface area contributed by atoms with Crippen LogP contribution in [0, 0.1) is 0 Å². The lowest BCUT2D eigenvalue weighted by molar-refractivity contribution is -0.137. The second-order valence-corrected chi connectivity index (χ2v) is 6.00. The highest BCUT2D eigenvalue weighted by Gasteiger charge is 2.27. The van der Waals surface area contributed by atoms with E-state index in [0.717, 1.165) is 5.56 Å². The Labute approximate surface area is 153 Å². The molecule has 0 saturated carbocycles. The zero-order valence-corrected chi connectivity index (χ0v) is 14.1. The highest BCUT2D eigenvalue weighted by atomic mass is 19.4. The lowest BCUT2D eigenvalue weighted by atomic mass is 10.00. The summed E-state index contributed by atoms with van der Waals surface area (Å²) in [4.78, 5) is 15.4. The fraction of sp³-hybridized carbons (Fsp3) is 0.211. The van der Waals surface area contributed by atoms with Gasteiger partial charge >= 0.3 is 12.1 Å². The van der Waals surface area contributed by atoms with E-state index in [1.807, 2.05) is 30.3 Å². The van der Waals surface area contributed by atoms with Crippen LogP contribution in [0.4, 0.5) is 13.2 Å². The number of pyridine rings is 1. The molecule has 2 aromatic heterocycles. The molecule has 1 aromatic carbocycles. The van der Waals surface area contributed by atoms with E-state index in [1.54, 1.807) is 6.20 Å². The van der Waals surface area contributed by atoms with Crippen molar-refractivity contribution in [1.82, 2.24) is 14.8 Å². The lowest BCUT2D eigenvalue weighted by Crippen LogP contribution is -2.12. The molecule has 0 unspecified atom stereocenters. The summed E-state index contributed by atoms with van der Waals surface area (Å²) in [6.45, 7) is -0.303. The van der Waals surface area contributed by atoms with Crippen molar-refractivity contribution in [1.29, 1.82) is 0 Å². The smallest absolute Gasteiger partial charge is 0.390 e. The molecule has 140 valence electrons. The SMILES string of the molecule is O=C(O)c1ccncc1Cc1nn(CCC(F)(F)F)cc1-c1ccccc1. The molecule has 0 atom stereocenters. The van der Waals surface area contributed by atoms with Crippen molar-refractivity contribution in [2.75, 3.05) is 0 Å². The van der Waals surface area contributed by atoms with E-state index in [1.165, 1.54) is 23.1 Å². The topological polar surface area (TPSA) is 68.0 Å². The Kier molecular flexibility index (Phi) is 5.25. The molecule has 0 fully saturated rings. The Morgan fingerprint density at radius 2 is 1.89 bits per heavy atom. The number of hydrogen-bond donors (Lipinski definition) is 1. The first-order chi connectivity index (χ1) is 12.8. The molecule has 8 heteroatoms. The van der Waals surface area contributed by atoms with Gasteiger partial charge in [-0.3, -0.25) is 9.67 Å². The third kappa shape index (κ3) is 4.72. The van der Waals surface area contributed by atoms with Gasteiger partial charge in [0.2, 0.25) is 0 Å². The van der Waals surface area contributed by atoms with Crippen molar-refractivity contribution in [2.24, 2.45) is 0 Å². The second-order valence-electron chi connectivity index (χ2n) is 6.00. The predicted molar refractivity (Wildman–Crippen MR) is 92.3 cm³/mol. The van der Waals surface area contributed by atoms with Crippen LogP contribution >= 0.6 is 0 Å². The van der Waals surface area contributed by atoms with Crippen LogP contribution in [0.3, 0.4) is 0 Å². The number of alkyl halides is 3. The summed E-state index contributed by atoms with van der Waals surface area (Å²) in [5, 5.41) is 13.6. The van der Waals surface area contributed by atoms with E-state index in [9.17, 15) is 23.1 Å². The maximum Gasteiger partial charge on any atom is 0.390 e. The van der Waals surface area contributed by atoms with Crippen LogP contribution in [-0.4, -0.2) is 32.0 Å².